The molecule has 0 radical (unpaired) electrons. The first kappa shape index (κ1) is 29.2. The van der Waals surface area contributed by atoms with E-state index in [1.807, 2.05) is 77.1 Å². The number of nitrogens with one attached hydrogen (secondary N) is 2. The topological polar surface area (TPSA) is 87.7 Å². The van der Waals surface area contributed by atoms with Crippen LogP contribution in [0.25, 0.3) is 0 Å². The lowest BCUT2D eigenvalue weighted by Crippen LogP contribution is -2.55. The maximum absolute atomic E-state index is 13.9. The summed E-state index contributed by atoms with van der Waals surface area (Å²) in [5.74, 6) is -0.713. The summed E-state index contributed by atoms with van der Waals surface area (Å²) in [4.78, 5) is 41.7. The highest BCUT2D eigenvalue weighted by Gasteiger charge is 2.38. The van der Waals surface area contributed by atoms with Crippen molar-refractivity contribution in [2.75, 3.05) is 11.1 Å². The van der Waals surface area contributed by atoms with Crippen LogP contribution in [0.1, 0.15) is 62.9 Å². The first-order chi connectivity index (χ1) is 16.8. The van der Waals surface area contributed by atoms with Gasteiger partial charge in [-0.05, 0) is 77.6 Å². The van der Waals surface area contributed by atoms with Gasteiger partial charge in [0.25, 0.3) is 5.91 Å². The number of ether oxygens (including phenoxy) is 1. The van der Waals surface area contributed by atoms with E-state index in [4.69, 9.17) is 4.74 Å². The lowest BCUT2D eigenvalue weighted by Gasteiger charge is -2.37. The van der Waals surface area contributed by atoms with Gasteiger partial charge in [-0.1, -0.05) is 42.5 Å². The molecular weight excluding hydrogens is 474 g/mol. The molecule has 196 valence electrons. The van der Waals surface area contributed by atoms with E-state index >= 15 is 0 Å². The van der Waals surface area contributed by atoms with Gasteiger partial charge in [0.1, 0.15) is 17.7 Å². The molecule has 0 aromatic heterocycles. The summed E-state index contributed by atoms with van der Waals surface area (Å²) < 4.78 is 5.34. The summed E-state index contributed by atoms with van der Waals surface area (Å²) in [5.41, 5.74) is 3.43. The third kappa shape index (κ3) is 7.50. The lowest BCUT2D eigenvalue weighted by atomic mass is 9.96. The molecule has 8 heteroatoms. The van der Waals surface area contributed by atoms with Crippen molar-refractivity contribution in [3.8, 4) is 0 Å². The Labute approximate surface area is 220 Å². The Morgan fingerprint density at radius 2 is 1.50 bits per heavy atom. The molecule has 2 unspecified atom stereocenters. The van der Waals surface area contributed by atoms with E-state index in [1.165, 1.54) is 4.90 Å². The van der Waals surface area contributed by atoms with Gasteiger partial charge in [0.05, 0.1) is 0 Å². The van der Waals surface area contributed by atoms with Crippen molar-refractivity contribution < 1.29 is 19.1 Å². The highest BCUT2D eigenvalue weighted by Crippen LogP contribution is 2.30. The maximum Gasteiger partial charge on any atom is 0.408 e. The third-order valence-corrected chi connectivity index (χ3v) is 6.09. The predicted molar refractivity (Wildman–Crippen MR) is 147 cm³/mol. The molecule has 0 spiro atoms. The van der Waals surface area contributed by atoms with Gasteiger partial charge >= 0.3 is 6.09 Å². The monoisotopic (exact) mass is 513 g/mol. The molecule has 0 aliphatic heterocycles. The van der Waals surface area contributed by atoms with Crippen molar-refractivity contribution in [1.29, 1.82) is 0 Å². The third-order valence-electron chi connectivity index (χ3n) is 5.72. The van der Waals surface area contributed by atoms with Crippen LogP contribution in [0.2, 0.25) is 0 Å². The van der Waals surface area contributed by atoms with Crippen LogP contribution in [0.3, 0.4) is 0 Å². The van der Waals surface area contributed by atoms with Gasteiger partial charge in [0.2, 0.25) is 5.91 Å². The number of rotatable bonds is 8. The molecular formula is C28H39N3O4S. The molecule has 0 fully saturated rings. The van der Waals surface area contributed by atoms with E-state index < -0.39 is 29.7 Å². The first-order valence-electron chi connectivity index (χ1n) is 12.1. The van der Waals surface area contributed by atoms with E-state index in [9.17, 15) is 14.4 Å². The quantitative estimate of drug-likeness (QED) is 0.415. The number of carbonyl (C=O) groups is 3. The molecule has 2 N–H and O–H groups in total. The normalized spacial score (nSPS) is 13.1. The smallest absolute Gasteiger partial charge is 0.408 e. The standard InChI is InChI=1S/C28H39N3O4S/c1-17(2)31(26(33)22(16-36)29-27(34)35-28(6,7)8)24(21-15-10-9-12-18(21)3)25(32)30-23-19(4)13-11-14-20(23)5/h9-15,17,22,24,36H,16H2,1-8H3,(H,29,34)(H,30,32). The van der Waals surface area contributed by atoms with Crippen LogP contribution in [0, 0.1) is 20.8 Å². The van der Waals surface area contributed by atoms with Crippen molar-refractivity contribution >= 4 is 36.2 Å². The Hall–Kier alpha value is -3.00. The summed E-state index contributed by atoms with van der Waals surface area (Å²) in [5, 5.41) is 5.69. The fourth-order valence-corrected chi connectivity index (χ4v) is 4.26. The van der Waals surface area contributed by atoms with Gasteiger partial charge < -0.3 is 20.3 Å². The van der Waals surface area contributed by atoms with E-state index in [0.29, 0.717) is 5.56 Å². The Balaban J connectivity index is 2.52. The number of amides is 3. The highest BCUT2D eigenvalue weighted by molar-refractivity contribution is 7.80. The van der Waals surface area contributed by atoms with E-state index in [1.54, 1.807) is 20.8 Å². The number of alkyl carbamates (subject to hydrolysis) is 1. The molecule has 2 rings (SSSR count). The van der Waals surface area contributed by atoms with E-state index in [0.717, 1.165) is 22.4 Å². The number of aryl methyl sites for hydroxylation is 3. The molecule has 0 aliphatic rings. The molecule has 0 heterocycles. The second kappa shape index (κ2) is 12.3. The molecule has 0 bridgehead atoms. The molecule has 3 amide bonds. The van der Waals surface area contributed by atoms with Gasteiger partial charge in [0.15, 0.2) is 0 Å². The molecule has 0 saturated heterocycles. The average molecular weight is 514 g/mol. The molecule has 0 saturated carbocycles. The zero-order valence-electron chi connectivity index (χ0n) is 22.5. The number of hydrogen-bond donors (Lipinski definition) is 3. The highest BCUT2D eigenvalue weighted by atomic mass is 32.1. The largest absolute Gasteiger partial charge is 0.444 e. The molecule has 0 aliphatic carbocycles. The van der Waals surface area contributed by atoms with Crippen LogP contribution < -0.4 is 10.6 Å². The van der Waals surface area contributed by atoms with Crippen LogP contribution >= 0.6 is 12.6 Å². The van der Waals surface area contributed by atoms with Crippen molar-refractivity contribution in [2.24, 2.45) is 0 Å². The first-order valence-corrected chi connectivity index (χ1v) is 12.7. The Morgan fingerprint density at radius 1 is 0.944 bits per heavy atom. The number of para-hydroxylation sites is 1. The number of thiol groups is 1. The second-order valence-electron chi connectivity index (χ2n) is 10.2. The fraction of sp³-hybridized carbons (Fsp3) is 0.464. The molecule has 2 aromatic carbocycles. The van der Waals surface area contributed by atoms with Gasteiger partial charge in [-0.2, -0.15) is 12.6 Å². The molecule has 2 atom stereocenters. The maximum atomic E-state index is 13.9. The van der Waals surface area contributed by atoms with Gasteiger partial charge in [-0.15, -0.1) is 0 Å². The van der Waals surface area contributed by atoms with Crippen molar-refractivity contribution in [3.05, 3.63) is 64.7 Å². The van der Waals surface area contributed by atoms with Crippen molar-refractivity contribution in [1.82, 2.24) is 10.2 Å². The fourth-order valence-electron chi connectivity index (χ4n) is 4.01. The summed E-state index contributed by atoms with van der Waals surface area (Å²) >= 11 is 4.32. The lowest BCUT2D eigenvalue weighted by molar-refractivity contribution is -0.142. The number of carbonyl (C=O) groups excluding carboxylic acids is 3. The Kier molecular flexibility index (Phi) is 9.99. The molecule has 36 heavy (non-hydrogen) atoms. The van der Waals surface area contributed by atoms with E-state index in [2.05, 4.69) is 23.3 Å². The minimum absolute atomic E-state index is 0.0420. The summed E-state index contributed by atoms with van der Waals surface area (Å²) in [6.45, 7) is 14.7. The zero-order chi connectivity index (χ0) is 27.2. The molecule has 7 nitrogen and oxygen atoms in total. The molecule has 2 aromatic rings. The van der Waals surface area contributed by atoms with Crippen LogP contribution in [0.4, 0.5) is 10.5 Å². The van der Waals surface area contributed by atoms with Crippen LogP contribution in [0.5, 0.6) is 0 Å². The number of anilines is 1. The Morgan fingerprint density at radius 3 is 2.00 bits per heavy atom. The Bertz CT molecular complexity index is 1070. The number of nitrogens with zero attached hydrogens (tertiary/aromatic N) is 1. The summed E-state index contributed by atoms with van der Waals surface area (Å²) in [6, 6.07) is 11.0. The SMILES string of the molecule is Cc1ccccc1C(C(=O)Nc1c(C)cccc1C)N(C(=O)C(CS)NC(=O)OC(C)(C)C)C(C)C. The second-order valence-corrected chi connectivity index (χ2v) is 10.6. The number of hydrogen-bond acceptors (Lipinski definition) is 5. The minimum Gasteiger partial charge on any atom is -0.444 e. The van der Waals surface area contributed by atoms with Crippen LogP contribution in [-0.4, -0.2) is 46.2 Å². The van der Waals surface area contributed by atoms with Crippen LogP contribution in [-0.2, 0) is 14.3 Å². The average Bonchev–Trinajstić information content (AvgIpc) is 2.77. The van der Waals surface area contributed by atoms with Gasteiger partial charge in [-0.3, -0.25) is 9.59 Å². The van der Waals surface area contributed by atoms with Crippen LogP contribution in [0.15, 0.2) is 42.5 Å². The summed E-state index contributed by atoms with van der Waals surface area (Å²) in [7, 11) is 0. The summed E-state index contributed by atoms with van der Waals surface area (Å²) in [6.07, 6.45) is -0.717. The number of benzene rings is 2. The van der Waals surface area contributed by atoms with Crippen molar-refractivity contribution in [3.63, 3.8) is 0 Å². The predicted octanol–water partition coefficient (Wildman–Crippen LogP) is 5.35. The minimum atomic E-state index is -0.981. The van der Waals surface area contributed by atoms with Gasteiger partial charge in [0, 0.05) is 17.5 Å². The van der Waals surface area contributed by atoms with Gasteiger partial charge in [-0.25, -0.2) is 4.79 Å². The zero-order valence-corrected chi connectivity index (χ0v) is 23.4. The van der Waals surface area contributed by atoms with Crippen molar-refractivity contribution in [2.45, 2.75) is 79.1 Å². The van der Waals surface area contributed by atoms with E-state index in [-0.39, 0.29) is 17.7 Å².